The van der Waals surface area contributed by atoms with Crippen LogP contribution in [0.3, 0.4) is 0 Å². The van der Waals surface area contributed by atoms with Crippen molar-refractivity contribution in [3.05, 3.63) is 0 Å². The molecule has 0 aliphatic rings. The molecule has 1 amide bonds. The topological polar surface area (TPSA) is 108 Å². The van der Waals surface area contributed by atoms with Crippen LogP contribution in [0, 0.1) is 5.92 Å². The summed E-state index contributed by atoms with van der Waals surface area (Å²) in [6.45, 7) is 4.55. The van der Waals surface area contributed by atoms with Crippen LogP contribution in [0.15, 0.2) is 0 Å². The number of hydrogen-bond donors (Lipinski definition) is 4. The van der Waals surface area contributed by atoms with Crippen LogP contribution in [0.2, 0.25) is 0 Å². The summed E-state index contributed by atoms with van der Waals surface area (Å²) >= 11 is 0. The third kappa shape index (κ3) is 21.5. The van der Waals surface area contributed by atoms with Crippen LogP contribution in [0.25, 0.3) is 0 Å². The van der Waals surface area contributed by atoms with Crippen LogP contribution in [0.4, 0.5) is 0 Å². The second kappa shape index (κ2) is 22.5. The van der Waals surface area contributed by atoms with Crippen LogP contribution in [-0.4, -0.2) is 47.2 Å². The number of unbranched alkanes of at least 4 members (excludes halogenated alkanes) is 12. The van der Waals surface area contributed by atoms with Gasteiger partial charge in [-0.05, 0) is 0 Å². The van der Waals surface area contributed by atoms with Gasteiger partial charge in [-0.15, -0.1) is 0 Å². The molecular formula is C24H52NO6P. The number of hydrogen-bond acceptors (Lipinski definition) is 6. The number of rotatable bonds is 24. The predicted molar refractivity (Wildman–Crippen MR) is 133 cm³/mol. The van der Waals surface area contributed by atoms with E-state index in [1.54, 1.807) is 6.92 Å². The third-order valence-electron chi connectivity index (χ3n) is 5.72. The number of amides is 1. The Kier molecular flexibility index (Phi) is 22.3. The summed E-state index contributed by atoms with van der Waals surface area (Å²) in [7, 11) is -4.07. The summed E-state index contributed by atoms with van der Waals surface area (Å²) in [5.74, 6) is -0.127. The standard InChI is InChI=1S/C24H52NO6P/c1-3-5-6-7-8-9-10-11-12-13-14-15-16-19-24(27)25-20-17-18-23(21-26)22-31-32(28,29)30-4-2/h23,26,28-29,32H,3-22H2,1-2H3,(H,25,27). The molecule has 0 spiro atoms. The Morgan fingerprint density at radius 1 is 0.812 bits per heavy atom. The zero-order chi connectivity index (χ0) is 23.9. The first-order chi connectivity index (χ1) is 15.4. The van der Waals surface area contributed by atoms with Gasteiger partial charge >= 0.3 is 126 Å². The summed E-state index contributed by atoms with van der Waals surface area (Å²) in [5, 5.41) is 12.3. The Morgan fingerprint density at radius 3 is 1.84 bits per heavy atom. The van der Waals surface area contributed by atoms with E-state index in [0.717, 1.165) is 12.8 Å². The Bertz CT molecular complexity index is 425. The van der Waals surface area contributed by atoms with E-state index < -0.39 is 8.17 Å². The Morgan fingerprint density at radius 2 is 1.34 bits per heavy atom. The molecule has 0 aliphatic heterocycles. The van der Waals surface area contributed by atoms with Crippen LogP contribution < -0.4 is 5.32 Å². The summed E-state index contributed by atoms with van der Waals surface area (Å²) in [6.07, 6.45) is 18.8. The second-order valence-corrected chi connectivity index (χ2v) is 10.5. The molecule has 1 atom stereocenters. The van der Waals surface area contributed by atoms with Gasteiger partial charge in [-0.25, -0.2) is 0 Å². The van der Waals surface area contributed by atoms with Crippen molar-refractivity contribution in [3.63, 3.8) is 0 Å². The van der Waals surface area contributed by atoms with E-state index in [1.807, 2.05) is 0 Å². The van der Waals surface area contributed by atoms with Crippen LogP contribution in [0.5, 0.6) is 0 Å². The molecule has 7 nitrogen and oxygen atoms in total. The van der Waals surface area contributed by atoms with Gasteiger partial charge in [-0.1, -0.05) is 71.1 Å². The molecule has 0 radical (unpaired) electrons. The molecule has 0 aromatic rings. The molecule has 32 heavy (non-hydrogen) atoms. The molecule has 0 heterocycles. The average Bonchev–Trinajstić information content (AvgIpc) is 2.76. The van der Waals surface area contributed by atoms with Crippen LogP contribution in [0.1, 0.15) is 117 Å². The van der Waals surface area contributed by atoms with E-state index in [0.29, 0.717) is 25.8 Å². The second-order valence-electron chi connectivity index (χ2n) is 8.83. The Balaban J connectivity index is 3.49. The van der Waals surface area contributed by atoms with E-state index in [4.69, 9.17) is 9.05 Å². The van der Waals surface area contributed by atoms with Crippen molar-refractivity contribution in [2.24, 2.45) is 5.92 Å². The molecule has 8 heteroatoms. The first kappa shape index (κ1) is 31.7. The maximum absolute atomic E-state index is 11.9. The van der Waals surface area contributed by atoms with Gasteiger partial charge in [0, 0.05) is 0 Å². The Hall–Kier alpha value is -0.300. The molecule has 0 aliphatic carbocycles. The summed E-state index contributed by atoms with van der Waals surface area (Å²) in [5.41, 5.74) is 0. The molecule has 194 valence electrons. The molecular weight excluding hydrogens is 429 g/mol. The fraction of sp³-hybridized carbons (Fsp3) is 0.958. The maximum atomic E-state index is 11.9. The van der Waals surface area contributed by atoms with Crippen molar-refractivity contribution in [1.29, 1.82) is 0 Å². The minimum absolute atomic E-state index is 0.0304. The van der Waals surface area contributed by atoms with E-state index in [2.05, 4.69) is 12.2 Å². The van der Waals surface area contributed by atoms with E-state index in [9.17, 15) is 19.7 Å². The molecule has 1 unspecified atom stereocenters. The molecule has 0 aromatic heterocycles. The molecule has 0 aromatic carbocycles. The average molecular weight is 482 g/mol. The normalized spacial score (nSPS) is 13.3. The fourth-order valence-electron chi connectivity index (χ4n) is 3.69. The SMILES string of the molecule is CCCCCCCCCCCCCCCC(=O)NCCCC(CO)CO[PH](O)(O)OCC. The van der Waals surface area contributed by atoms with Crippen molar-refractivity contribution in [2.75, 3.05) is 26.4 Å². The van der Waals surface area contributed by atoms with Gasteiger partial charge in [0.15, 0.2) is 0 Å². The summed E-state index contributed by atoms with van der Waals surface area (Å²) < 4.78 is 9.78. The van der Waals surface area contributed by atoms with Crippen molar-refractivity contribution in [3.8, 4) is 0 Å². The molecule has 0 saturated heterocycles. The summed E-state index contributed by atoms with van der Waals surface area (Å²) in [4.78, 5) is 31.0. The molecule has 0 rings (SSSR count). The monoisotopic (exact) mass is 481 g/mol. The zero-order valence-corrected chi connectivity index (χ0v) is 21.8. The molecule has 0 saturated carbocycles. The van der Waals surface area contributed by atoms with Gasteiger partial charge < -0.3 is 0 Å². The van der Waals surface area contributed by atoms with Gasteiger partial charge in [0.05, 0.1) is 0 Å². The number of carbonyl (C=O) groups is 1. The molecule has 0 fully saturated rings. The molecule has 0 bridgehead atoms. The van der Waals surface area contributed by atoms with Crippen molar-refractivity contribution < 1.29 is 28.7 Å². The number of aliphatic hydroxyl groups is 1. The third-order valence-corrected chi connectivity index (χ3v) is 6.92. The first-order valence-corrected chi connectivity index (χ1v) is 14.8. The zero-order valence-electron chi connectivity index (χ0n) is 20.8. The van der Waals surface area contributed by atoms with Crippen molar-refractivity contribution in [2.45, 2.75) is 117 Å². The number of nitrogens with one attached hydrogen (secondary N) is 1. The quantitative estimate of drug-likeness (QED) is 0.108. The van der Waals surface area contributed by atoms with E-state index in [-0.39, 0.29) is 31.6 Å². The van der Waals surface area contributed by atoms with Crippen LogP contribution >= 0.6 is 8.17 Å². The van der Waals surface area contributed by atoms with Crippen LogP contribution in [-0.2, 0) is 13.8 Å². The van der Waals surface area contributed by atoms with Gasteiger partial charge in [0.1, 0.15) is 0 Å². The van der Waals surface area contributed by atoms with Crippen molar-refractivity contribution in [1.82, 2.24) is 5.32 Å². The van der Waals surface area contributed by atoms with Gasteiger partial charge in [-0.2, -0.15) is 0 Å². The number of aliphatic hydroxyl groups excluding tert-OH is 1. The number of carbonyl (C=O) groups excluding carboxylic acids is 1. The van der Waals surface area contributed by atoms with Gasteiger partial charge in [-0.3, -0.25) is 0 Å². The first-order valence-electron chi connectivity index (χ1n) is 13.0. The minimum atomic E-state index is -4.07. The summed E-state index contributed by atoms with van der Waals surface area (Å²) in [6, 6.07) is 0. The van der Waals surface area contributed by atoms with Crippen molar-refractivity contribution >= 4 is 14.1 Å². The van der Waals surface area contributed by atoms with E-state index >= 15 is 0 Å². The van der Waals surface area contributed by atoms with Gasteiger partial charge in [0.2, 0.25) is 0 Å². The van der Waals surface area contributed by atoms with Gasteiger partial charge in [0.25, 0.3) is 0 Å². The predicted octanol–water partition coefficient (Wildman–Crippen LogP) is 5.42. The fourth-order valence-corrected chi connectivity index (χ4v) is 4.61. The molecule has 4 N–H and O–H groups in total. The Labute approximate surface area is 197 Å². The van der Waals surface area contributed by atoms with E-state index in [1.165, 1.54) is 70.6 Å².